The number of para-hydroxylation sites is 1. The number of aromatic amines is 1. The molecule has 35 heavy (non-hydrogen) atoms. The number of benzene rings is 4. The number of aliphatic carboxylic acids is 1. The van der Waals surface area contributed by atoms with Gasteiger partial charge in [0, 0.05) is 41.2 Å². The zero-order chi connectivity index (χ0) is 24.2. The maximum absolute atomic E-state index is 14.1. The third-order valence-electron chi connectivity index (χ3n) is 6.26. The van der Waals surface area contributed by atoms with Gasteiger partial charge in [0.25, 0.3) is 0 Å². The van der Waals surface area contributed by atoms with E-state index in [9.17, 15) is 14.3 Å². The van der Waals surface area contributed by atoms with Crippen molar-refractivity contribution in [3.05, 3.63) is 114 Å². The molecule has 0 aliphatic carbocycles. The van der Waals surface area contributed by atoms with Crippen molar-refractivity contribution in [1.82, 2.24) is 10.3 Å². The number of carbonyl (C=O) groups is 1. The van der Waals surface area contributed by atoms with Gasteiger partial charge in [0.2, 0.25) is 0 Å². The number of nitrogens with one attached hydrogen (secondary N) is 2. The molecule has 5 nitrogen and oxygen atoms in total. The first-order chi connectivity index (χ1) is 17.1. The summed E-state index contributed by atoms with van der Waals surface area (Å²) in [6.07, 6.45) is 2.19. The van der Waals surface area contributed by atoms with Gasteiger partial charge in [-0.1, -0.05) is 66.7 Å². The van der Waals surface area contributed by atoms with E-state index in [1.54, 1.807) is 18.2 Å². The van der Waals surface area contributed by atoms with Crippen molar-refractivity contribution < 1.29 is 19.0 Å². The monoisotopic (exact) mass is 468 g/mol. The number of carboxylic acid groups (broad SMARTS) is 1. The topological polar surface area (TPSA) is 74.3 Å². The summed E-state index contributed by atoms with van der Waals surface area (Å²) in [6.45, 7) is 0.364. The van der Waals surface area contributed by atoms with Crippen LogP contribution in [0.1, 0.15) is 16.7 Å². The molecule has 1 unspecified atom stereocenters. The molecule has 5 rings (SSSR count). The molecule has 176 valence electrons. The van der Waals surface area contributed by atoms with E-state index in [0.29, 0.717) is 17.7 Å². The van der Waals surface area contributed by atoms with Crippen LogP contribution >= 0.6 is 0 Å². The van der Waals surface area contributed by atoms with Gasteiger partial charge in [-0.3, -0.25) is 10.1 Å². The Hall–Kier alpha value is -4.16. The second-order valence-corrected chi connectivity index (χ2v) is 8.48. The number of aromatic nitrogens is 1. The van der Waals surface area contributed by atoms with E-state index in [2.05, 4.69) is 10.3 Å². The van der Waals surface area contributed by atoms with Crippen molar-refractivity contribution in [2.75, 3.05) is 0 Å². The summed E-state index contributed by atoms with van der Waals surface area (Å²) in [7, 11) is 0. The number of halogens is 1. The van der Waals surface area contributed by atoms with E-state index in [0.717, 1.165) is 32.8 Å². The maximum atomic E-state index is 14.1. The second kappa shape index (κ2) is 9.99. The van der Waals surface area contributed by atoms with Crippen LogP contribution in [-0.2, 0) is 24.4 Å². The number of hydrogen-bond acceptors (Lipinski definition) is 3. The molecular formula is C29H25FN2O3. The summed E-state index contributed by atoms with van der Waals surface area (Å²) >= 11 is 0. The van der Waals surface area contributed by atoms with Crippen molar-refractivity contribution in [1.29, 1.82) is 0 Å². The highest BCUT2D eigenvalue weighted by Gasteiger charge is 2.21. The average Bonchev–Trinajstić information content (AvgIpc) is 3.29. The summed E-state index contributed by atoms with van der Waals surface area (Å²) in [6, 6.07) is 25.2. The van der Waals surface area contributed by atoms with Crippen LogP contribution in [0.4, 0.5) is 4.39 Å². The smallest absolute Gasteiger partial charge is 0.321 e. The van der Waals surface area contributed by atoms with E-state index < -0.39 is 12.0 Å². The molecule has 0 spiro atoms. The molecule has 0 fully saturated rings. The molecule has 0 saturated heterocycles. The average molecular weight is 469 g/mol. The lowest BCUT2D eigenvalue weighted by Crippen LogP contribution is -2.38. The van der Waals surface area contributed by atoms with Gasteiger partial charge in [0.05, 0.1) is 0 Å². The van der Waals surface area contributed by atoms with Crippen molar-refractivity contribution in [2.24, 2.45) is 0 Å². The zero-order valence-electron chi connectivity index (χ0n) is 19.0. The first-order valence-electron chi connectivity index (χ1n) is 11.5. The highest BCUT2D eigenvalue weighted by Crippen LogP contribution is 2.29. The minimum Gasteiger partial charge on any atom is -0.488 e. The highest BCUT2D eigenvalue weighted by molar-refractivity contribution is 5.88. The van der Waals surface area contributed by atoms with Crippen LogP contribution in [0.5, 0.6) is 5.75 Å². The summed E-state index contributed by atoms with van der Waals surface area (Å²) < 4.78 is 20.2. The Kier molecular flexibility index (Phi) is 6.46. The van der Waals surface area contributed by atoms with Crippen LogP contribution in [-0.4, -0.2) is 22.1 Å². The van der Waals surface area contributed by atoms with Crippen molar-refractivity contribution in [2.45, 2.75) is 25.6 Å². The first-order valence-corrected chi connectivity index (χ1v) is 11.5. The van der Waals surface area contributed by atoms with Gasteiger partial charge >= 0.3 is 5.97 Å². The zero-order valence-corrected chi connectivity index (χ0v) is 19.0. The molecule has 4 aromatic carbocycles. The number of fused-ring (bicyclic) bond motifs is 2. The lowest BCUT2D eigenvalue weighted by Gasteiger charge is -2.18. The number of carboxylic acids is 1. The lowest BCUT2D eigenvalue weighted by molar-refractivity contribution is -0.139. The van der Waals surface area contributed by atoms with E-state index >= 15 is 0 Å². The summed E-state index contributed by atoms with van der Waals surface area (Å²) in [5, 5.41) is 16.1. The lowest BCUT2D eigenvalue weighted by atomic mass is 10.0. The molecule has 6 heteroatoms. The van der Waals surface area contributed by atoms with Crippen LogP contribution in [0, 0.1) is 5.82 Å². The molecule has 5 aromatic rings. The van der Waals surface area contributed by atoms with E-state index in [1.165, 1.54) is 6.07 Å². The fourth-order valence-electron chi connectivity index (χ4n) is 4.40. The van der Waals surface area contributed by atoms with E-state index in [4.69, 9.17) is 4.74 Å². The van der Waals surface area contributed by atoms with Gasteiger partial charge in [0.15, 0.2) is 0 Å². The van der Waals surface area contributed by atoms with E-state index in [-0.39, 0.29) is 19.0 Å². The van der Waals surface area contributed by atoms with Gasteiger partial charge in [-0.05, 0) is 34.5 Å². The Morgan fingerprint density at radius 2 is 1.66 bits per heavy atom. The van der Waals surface area contributed by atoms with Gasteiger partial charge in [0.1, 0.15) is 24.2 Å². The quantitative estimate of drug-likeness (QED) is 0.255. The summed E-state index contributed by atoms with van der Waals surface area (Å²) in [4.78, 5) is 15.3. The number of hydrogen-bond donors (Lipinski definition) is 3. The summed E-state index contributed by atoms with van der Waals surface area (Å²) in [5.41, 5.74) is 3.21. The molecular weight excluding hydrogens is 443 g/mol. The summed E-state index contributed by atoms with van der Waals surface area (Å²) in [5.74, 6) is -0.655. The molecule has 3 N–H and O–H groups in total. The van der Waals surface area contributed by atoms with Crippen molar-refractivity contribution in [3.8, 4) is 5.75 Å². The largest absolute Gasteiger partial charge is 0.488 e. The fraction of sp³-hybridized carbons (Fsp3) is 0.138. The predicted octanol–water partition coefficient (Wildman–Crippen LogP) is 5.82. The van der Waals surface area contributed by atoms with Gasteiger partial charge in [-0.25, -0.2) is 4.39 Å². The van der Waals surface area contributed by atoms with E-state index in [1.807, 2.05) is 66.9 Å². The molecule has 0 saturated carbocycles. The van der Waals surface area contributed by atoms with Gasteiger partial charge < -0.3 is 14.8 Å². The standard InChI is InChI=1S/C29H25FN2O3/c30-25-11-5-2-8-20(25)18-35-28-14-13-19-7-1-3-9-22(19)24(28)17-32-27(29(33)34)15-21-16-31-26-12-6-4-10-23(21)26/h1-14,16,27,31-32H,15,17-18H2,(H,33,34). The fourth-order valence-corrected chi connectivity index (χ4v) is 4.40. The predicted molar refractivity (Wildman–Crippen MR) is 135 cm³/mol. The minimum absolute atomic E-state index is 0.0791. The van der Waals surface area contributed by atoms with Gasteiger partial charge in [-0.15, -0.1) is 0 Å². The maximum Gasteiger partial charge on any atom is 0.321 e. The molecule has 1 aromatic heterocycles. The Morgan fingerprint density at radius 3 is 2.49 bits per heavy atom. The molecule has 1 heterocycles. The van der Waals surface area contributed by atoms with Crippen molar-refractivity contribution in [3.63, 3.8) is 0 Å². The Bertz CT molecular complexity index is 1490. The Labute approximate surface area is 202 Å². The molecule has 0 bridgehead atoms. The number of H-pyrrole nitrogens is 1. The Morgan fingerprint density at radius 1 is 0.914 bits per heavy atom. The van der Waals surface area contributed by atoms with Crippen molar-refractivity contribution >= 4 is 27.6 Å². The van der Waals surface area contributed by atoms with Crippen LogP contribution in [0.15, 0.2) is 91.1 Å². The van der Waals surface area contributed by atoms with Crippen LogP contribution in [0.25, 0.3) is 21.7 Å². The molecule has 1 atom stereocenters. The van der Waals surface area contributed by atoms with Crippen LogP contribution < -0.4 is 10.1 Å². The highest BCUT2D eigenvalue weighted by atomic mass is 19.1. The van der Waals surface area contributed by atoms with Gasteiger partial charge in [-0.2, -0.15) is 0 Å². The second-order valence-electron chi connectivity index (χ2n) is 8.48. The van der Waals surface area contributed by atoms with Crippen LogP contribution in [0.2, 0.25) is 0 Å². The SMILES string of the molecule is O=C(O)C(Cc1c[nH]c2ccccc12)NCc1c(OCc2ccccc2F)ccc2ccccc12. The third kappa shape index (κ3) is 4.88. The molecule has 0 radical (unpaired) electrons. The normalized spacial score (nSPS) is 12.1. The number of rotatable bonds is 9. The molecule has 0 aliphatic rings. The molecule has 0 amide bonds. The first kappa shape index (κ1) is 22.6. The number of ether oxygens (including phenoxy) is 1. The third-order valence-corrected chi connectivity index (χ3v) is 6.26. The molecule has 0 aliphatic heterocycles. The minimum atomic E-state index is -0.927. The van der Waals surface area contributed by atoms with Crippen LogP contribution in [0.3, 0.4) is 0 Å². The Balaban J connectivity index is 1.40.